The molecule has 26 heteroatoms. The van der Waals surface area contributed by atoms with E-state index < -0.39 is 123 Å². The zero-order chi connectivity index (χ0) is 60.7. The number of phenols is 2. The Morgan fingerprint density at radius 2 is 1.01 bits per heavy atom. The average Bonchev–Trinajstić information content (AvgIpc) is 0.870. The van der Waals surface area contributed by atoms with Gasteiger partial charge in [0.1, 0.15) is 57.3 Å². The lowest BCUT2D eigenvalue weighted by Gasteiger charge is -2.50. The molecule has 14 N–H and O–H groups in total. The number of carbonyl (C=O) groups excluding carboxylic acids is 6. The Bertz CT molecular complexity index is 3480. The average molecular weight is 1240 g/mol. The molecule has 2 heterocycles. The van der Waals surface area contributed by atoms with Gasteiger partial charge in [0, 0.05) is 78.2 Å². The van der Waals surface area contributed by atoms with Gasteiger partial charge in [-0.2, -0.15) is 0 Å². The van der Waals surface area contributed by atoms with Crippen molar-refractivity contribution in [2.24, 2.45) is 35.1 Å². The quantitative estimate of drug-likeness (QED) is 0.0649. The van der Waals surface area contributed by atoms with Crippen LogP contribution in [0.1, 0.15) is 35.1 Å². The number of amides is 2. The minimum absolute atomic E-state index is 0.0265. The Morgan fingerprint density at radius 3 is 1.39 bits per heavy atom. The van der Waals surface area contributed by atoms with Crippen LogP contribution < -0.4 is 26.7 Å². The minimum atomic E-state index is -2.66. The van der Waals surface area contributed by atoms with Crippen molar-refractivity contribution in [3.05, 3.63) is 121 Å². The molecule has 6 aliphatic rings. The van der Waals surface area contributed by atoms with Crippen molar-refractivity contribution in [2.75, 3.05) is 66.2 Å². The molecule has 432 valence electrons. The van der Waals surface area contributed by atoms with Gasteiger partial charge < -0.3 is 72.2 Å². The maximum absolute atomic E-state index is 13.9. The fourth-order valence-corrected chi connectivity index (χ4v) is 13.0. The number of phenolic OH excluding ortho intramolecular Hbond substituents is 2. The number of benzene rings is 2. The standard InChI is InChI=1S/C28H30N4O7.C21H21IN2O7.C7H11BN2O2/c1-31(2)18-8-5-12(11-30-18)14-6-7-17(33)20-15(14)9-13-10-16-22(32(3)4)24(35)21(27(29)38)26(37)28(16,39)25(36)19(13)23(20)34;1-24(2)15-9-6-7-5-8-10(22)3-4-11(25)13(8)16(26)12(7)18(28)21(9,31)19(29)14(17(15)27)20(23)30;1-10(2)7-4-3-6(5-9-7)8(11)12/h5-8,11,13,16,22,33-34,37,39H,9-10H2,1-4H3,(H2,29,38);3-4,7,9,15,25-26,29,31H,5-6H2,1-2H3,(H2,23,30);3-5,11-12H,1-2H3/t13-,16-,22-,28-;7-,9-,15-,21-;/m00./s1. The van der Waals surface area contributed by atoms with Crippen LogP contribution in [0.4, 0.5) is 11.6 Å². The van der Waals surface area contributed by atoms with E-state index in [4.69, 9.17) is 21.5 Å². The highest BCUT2D eigenvalue weighted by atomic mass is 127. The first kappa shape index (κ1) is 60.4. The van der Waals surface area contributed by atoms with Crippen LogP contribution in [0.2, 0.25) is 0 Å². The number of Topliss-reactive ketones (excluding diaryl/α,β-unsaturated/α-hetero) is 4. The van der Waals surface area contributed by atoms with Gasteiger partial charge in [-0.25, -0.2) is 9.97 Å². The molecule has 24 nitrogen and oxygen atoms in total. The topological polar surface area (TPSA) is 396 Å². The smallest absolute Gasteiger partial charge is 0.490 e. The minimum Gasteiger partial charge on any atom is -0.508 e. The summed E-state index contributed by atoms with van der Waals surface area (Å²) in [5.74, 6) is -11.7. The number of rotatable bonds is 8. The fourth-order valence-electron chi connectivity index (χ4n) is 12.3. The maximum atomic E-state index is 13.9. The Morgan fingerprint density at radius 1 is 0.598 bits per heavy atom. The summed E-state index contributed by atoms with van der Waals surface area (Å²) in [4.78, 5) is 92.8. The second-order valence-corrected chi connectivity index (χ2v) is 23.0. The highest BCUT2D eigenvalue weighted by molar-refractivity contribution is 14.1. The molecule has 82 heavy (non-hydrogen) atoms. The number of nitrogens with two attached hydrogens (primary N) is 2. The van der Waals surface area contributed by atoms with E-state index in [9.17, 15) is 69.6 Å². The van der Waals surface area contributed by atoms with Crippen molar-refractivity contribution in [2.45, 2.75) is 49.0 Å². The molecule has 0 saturated heterocycles. The second-order valence-electron chi connectivity index (χ2n) is 21.8. The second kappa shape index (κ2) is 22.2. The van der Waals surface area contributed by atoms with Gasteiger partial charge in [-0.3, -0.25) is 38.6 Å². The van der Waals surface area contributed by atoms with Gasteiger partial charge in [0.25, 0.3) is 11.8 Å². The van der Waals surface area contributed by atoms with Crippen LogP contribution in [0.25, 0.3) is 22.6 Å². The van der Waals surface area contributed by atoms with Gasteiger partial charge in [-0.1, -0.05) is 12.1 Å². The third-order valence-corrected chi connectivity index (χ3v) is 17.2. The molecule has 2 saturated carbocycles. The summed E-state index contributed by atoms with van der Waals surface area (Å²) in [7, 11) is 12.3. The monoisotopic (exact) mass is 1240 g/mol. The largest absolute Gasteiger partial charge is 0.508 e. The maximum Gasteiger partial charge on any atom is 0.490 e. The number of hydrogen-bond donors (Lipinski definition) is 12. The Hall–Kier alpha value is -7.73. The van der Waals surface area contributed by atoms with Crippen LogP contribution in [0.5, 0.6) is 11.5 Å². The summed E-state index contributed by atoms with van der Waals surface area (Å²) in [6.45, 7) is 0. The normalized spacial score (nSPS) is 25.4. The summed E-state index contributed by atoms with van der Waals surface area (Å²) in [6, 6.07) is 11.0. The summed E-state index contributed by atoms with van der Waals surface area (Å²) >= 11 is 2.07. The molecule has 8 atom stereocenters. The number of halogens is 1. The van der Waals surface area contributed by atoms with Gasteiger partial charge in [0.15, 0.2) is 22.8 Å². The number of aromatic nitrogens is 2. The van der Waals surface area contributed by atoms with Crippen LogP contribution in [0, 0.1) is 27.2 Å². The van der Waals surface area contributed by atoms with Crippen LogP contribution >= 0.6 is 22.6 Å². The molecule has 0 aliphatic heterocycles. The summed E-state index contributed by atoms with van der Waals surface area (Å²) in [6.07, 6.45) is 3.73. The molecule has 0 radical (unpaired) electrons. The zero-order valence-corrected chi connectivity index (χ0v) is 47.9. The molecule has 2 amide bonds. The van der Waals surface area contributed by atoms with E-state index in [-0.39, 0.29) is 53.0 Å². The highest BCUT2D eigenvalue weighted by Crippen LogP contribution is 2.55. The van der Waals surface area contributed by atoms with Crippen molar-refractivity contribution in [1.82, 2.24) is 19.8 Å². The fraction of sp³-hybridized carbons (Fsp3) is 0.357. The number of hydrogen-bond acceptors (Lipinski definition) is 22. The molecule has 6 aliphatic carbocycles. The van der Waals surface area contributed by atoms with E-state index in [0.29, 0.717) is 28.6 Å². The van der Waals surface area contributed by atoms with Gasteiger partial charge in [0.2, 0.25) is 11.6 Å². The van der Waals surface area contributed by atoms with Crippen LogP contribution in [-0.2, 0) is 41.6 Å². The number of fused-ring (bicyclic) bond motifs is 6. The third-order valence-electron chi connectivity index (χ3n) is 16.2. The number of nitrogens with zero attached hydrogens (tertiary/aromatic N) is 6. The summed E-state index contributed by atoms with van der Waals surface area (Å²) < 4.78 is 0.784. The zero-order valence-electron chi connectivity index (χ0n) is 45.8. The number of ketones is 4. The number of anilines is 2. The molecule has 4 aromatic rings. The van der Waals surface area contributed by atoms with Gasteiger partial charge in [0.05, 0.1) is 23.2 Å². The first-order chi connectivity index (χ1) is 38.3. The Kier molecular flexibility index (Phi) is 16.4. The number of likely N-dealkylation sites (N-methyl/N-ethyl adjacent to an activating group) is 2. The van der Waals surface area contributed by atoms with Crippen LogP contribution in [0.15, 0.2) is 94.7 Å². The lowest BCUT2D eigenvalue weighted by Crippen LogP contribution is -2.65. The van der Waals surface area contributed by atoms with Crippen molar-refractivity contribution < 1.29 is 79.7 Å². The molecule has 10 rings (SSSR count). The van der Waals surface area contributed by atoms with Gasteiger partial charge >= 0.3 is 7.12 Å². The van der Waals surface area contributed by atoms with Gasteiger partial charge in [-0.15, -0.1) is 0 Å². The van der Waals surface area contributed by atoms with E-state index in [0.717, 1.165) is 20.8 Å². The first-order valence-electron chi connectivity index (χ1n) is 25.6. The van der Waals surface area contributed by atoms with E-state index in [1.54, 1.807) is 58.7 Å². The number of aliphatic hydroxyl groups is 6. The number of primary amides is 2. The number of carbonyl (C=O) groups is 6. The summed E-state index contributed by atoms with van der Waals surface area (Å²) in [5.41, 5.74) is 6.59. The molecule has 2 aromatic heterocycles. The predicted molar refractivity (Wildman–Crippen MR) is 307 cm³/mol. The van der Waals surface area contributed by atoms with Crippen molar-refractivity contribution in [3.63, 3.8) is 0 Å². The van der Waals surface area contributed by atoms with Gasteiger partial charge in [-0.05, 0) is 141 Å². The Balaban J connectivity index is 0.000000182. The lowest BCUT2D eigenvalue weighted by molar-refractivity contribution is -0.155. The Labute approximate surface area is 483 Å². The molecule has 2 fully saturated rings. The first-order valence-corrected chi connectivity index (χ1v) is 26.7. The molecule has 0 spiro atoms. The third kappa shape index (κ3) is 9.73. The van der Waals surface area contributed by atoms with E-state index in [2.05, 4.69) is 32.6 Å². The number of pyridine rings is 2. The SMILES string of the molecule is CN(C)[C@@H]1C(=O)C(C(N)=O)=C(O)[C@@]2(O)C(=O)C3=C(O)c4c(O)ccc(I)c4C[C@H]3C[C@@H]12.CN(C)c1ccc(-c2ccc(O)c3c2C[C@H]2C[C@H]4[C@H](N(C)C)C(=O)C(C(N)=O)=C(O)[C@@]4(O)C(=O)C2=C3O)cn1.CN(C)c1ccc(B(O)O)cn1. The lowest BCUT2D eigenvalue weighted by atomic mass is 9.57. The molecular weight excluding hydrogens is 1180 g/mol. The van der Waals surface area contributed by atoms with Crippen molar-refractivity contribution in [1.29, 1.82) is 0 Å². The molecule has 2 aromatic carbocycles. The number of aromatic hydroxyl groups is 2. The van der Waals surface area contributed by atoms with E-state index in [1.807, 2.05) is 50.1 Å². The van der Waals surface area contributed by atoms with Crippen molar-refractivity contribution >= 4 is 93.3 Å². The van der Waals surface area contributed by atoms with Crippen molar-refractivity contribution in [3.8, 4) is 22.6 Å². The summed E-state index contributed by atoms with van der Waals surface area (Å²) in [5, 5.41) is 106. The highest BCUT2D eigenvalue weighted by Gasteiger charge is 2.66. The number of aliphatic hydroxyl groups excluding tert-OH is 4. The van der Waals surface area contributed by atoms with Crippen LogP contribution in [-0.4, -0.2) is 192 Å². The van der Waals surface area contributed by atoms with Crippen LogP contribution in [0.3, 0.4) is 0 Å². The van der Waals surface area contributed by atoms with E-state index in [1.165, 1.54) is 28.1 Å². The molecule has 0 bridgehead atoms. The molecule has 0 unspecified atom stereocenters. The predicted octanol–water partition coefficient (Wildman–Crippen LogP) is 0.488. The molecular formula is C56H62BIN8O16. The van der Waals surface area contributed by atoms with E-state index >= 15 is 0 Å².